The summed E-state index contributed by atoms with van der Waals surface area (Å²) in [5.74, 6) is 1.94. The molecule has 2 aromatic carbocycles. The van der Waals surface area contributed by atoms with E-state index in [1.54, 1.807) is 6.20 Å². The number of aryl methyl sites for hydroxylation is 1. The highest BCUT2D eigenvalue weighted by molar-refractivity contribution is 5.78. The molecule has 0 atom stereocenters. The van der Waals surface area contributed by atoms with Gasteiger partial charge in [0.25, 0.3) is 0 Å². The highest BCUT2D eigenvalue weighted by Gasteiger charge is 2.09. The maximum absolute atomic E-state index is 6.06. The van der Waals surface area contributed by atoms with Crippen molar-refractivity contribution in [3.63, 3.8) is 0 Å². The van der Waals surface area contributed by atoms with Gasteiger partial charge in [0.05, 0.1) is 11.0 Å². The van der Waals surface area contributed by atoms with Crippen LogP contribution in [0.25, 0.3) is 22.2 Å². The topological polar surface area (TPSA) is 75.7 Å². The summed E-state index contributed by atoms with van der Waals surface area (Å²) in [7, 11) is 0. The minimum Gasteiger partial charge on any atom is -0.438 e. The highest BCUT2D eigenvalue weighted by atomic mass is 16.5. The Labute approximate surface area is 173 Å². The third-order valence-corrected chi connectivity index (χ3v) is 4.71. The van der Waals surface area contributed by atoms with Crippen LogP contribution in [0, 0.1) is 6.92 Å². The smallest absolute Gasteiger partial charge is 0.227 e. The lowest BCUT2D eigenvalue weighted by atomic mass is 10.1. The molecular formula is C24H19N5O. The quantitative estimate of drug-likeness (QED) is 0.391. The van der Waals surface area contributed by atoms with Crippen LogP contribution in [0.4, 0.5) is 11.6 Å². The Balaban J connectivity index is 1.35. The molecule has 3 heterocycles. The first-order valence-corrected chi connectivity index (χ1v) is 9.62. The molecule has 5 rings (SSSR count). The van der Waals surface area contributed by atoms with Crippen molar-refractivity contribution in [1.29, 1.82) is 0 Å². The number of anilines is 2. The number of imidazole rings is 1. The van der Waals surface area contributed by atoms with Crippen LogP contribution < -0.4 is 10.1 Å². The molecular weight excluding hydrogens is 374 g/mol. The molecule has 0 spiro atoms. The lowest BCUT2D eigenvalue weighted by Crippen LogP contribution is -1.94. The number of rotatable bonds is 5. The predicted octanol–water partition coefficient (Wildman–Crippen LogP) is 5.86. The average Bonchev–Trinajstić information content (AvgIpc) is 3.18. The van der Waals surface area contributed by atoms with E-state index in [1.165, 1.54) is 0 Å². The largest absolute Gasteiger partial charge is 0.438 e. The molecule has 5 aromatic rings. The number of benzene rings is 2. The van der Waals surface area contributed by atoms with E-state index in [0.29, 0.717) is 17.6 Å². The second-order valence-electron chi connectivity index (χ2n) is 6.90. The van der Waals surface area contributed by atoms with Crippen LogP contribution in [0.2, 0.25) is 0 Å². The maximum atomic E-state index is 6.06. The van der Waals surface area contributed by atoms with Crippen molar-refractivity contribution in [2.75, 3.05) is 5.32 Å². The standard InChI is InChI=1S/C24H19N5O/c1-16-8-9-17(15-26-16)20-5-4-14-25-23(20)30-19-12-10-18(11-13-19)27-24-28-21-6-2-3-7-22(21)29-24/h2-15H,1H3,(H2,27,28,29). The summed E-state index contributed by atoms with van der Waals surface area (Å²) in [6.07, 6.45) is 3.55. The number of hydrogen-bond acceptors (Lipinski definition) is 5. The van der Waals surface area contributed by atoms with Crippen molar-refractivity contribution >= 4 is 22.7 Å². The van der Waals surface area contributed by atoms with E-state index in [-0.39, 0.29) is 0 Å². The van der Waals surface area contributed by atoms with Crippen LogP contribution >= 0.6 is 0 Å². The lowest BCUT2D eigenvalue weighted by molar-refractivity contribution is 0.465. The van der Waals surface area contributed by atoms with Gasteiger partial charge in [-0.25, -0.2) is 9.97 Å². The number of H-pyrrole nitrogens is 1. The van der Waals surface area contributed by atoms with Crippen LogP contribution in [0.5, 0.6) is 11.6 Å². The first-order valence-electron chi connectivity index (χ1n) is 9.62. The number of fused-ring (bicyclic) bond motifs is 1. The van der Waals surface area contributed by atoms with E-state index in [2.05, 4.69) is 25.3 Å². The third-order valence-electron chi connectivity index (χ3n) is 4.71. The van der Waals surface area contributed by atoms with Gasteiger partial charge in [0.1, 0.15) is 5.75 Å². The second-order valence-corrected chi connectivity index (χ2v) is 6.90. The van der Waals surface area contributed by atoms with E-state index in [9.17, 15) is 0 Å². The van der Waals surface area contributed by atoms with Gasteiger partial charge in [0.2, 0.25) is 11.8 Å². The molecule has 2 N–H and O–H groups in total. The van der Waals surface area contributed by atoms with E-state index in [4.69, 9.17) is 4.74 Å². The van der Waals surface area contributed by atoms with Gasteiger partial charge in [-0.05, 0) is 61.5 Å². The first kappa shape index (κ1) is 17.9. The van der Waals surface area contributed by atoms with Crippen LogP contribution in [-0.4, -0.2) is 19.9 Å². The molecule has 0 radical (unpaired) electrons. The van der Waals surface area contributed by atoms with E-state index < -0.39 is 0 Å². The Morgan fingerprint density at radius 3 is 2.53 bits per heavy atom. The monoisotopic (exact) mass is 393 g/mol. The van der Waals surface area contributed by atoms with Gasteiger partial charge in [-0.1, -0.05) is 18.2 Å². The molecule has 146 valence electrons. The summed E-state index contributed by atoms with van der Waals surface area (Å²) in [6.45, 7) is 1.96. The number of para-hydroxylation sites is 2. The minimum atomic E-state index is 0.543. The number of aromatic nitrogens is 4. The molecule has 3 aromatic heterocycles. The van der Waals surface area contributed by atoms with Gasteiger partial charge in [-0.15, -0.1) is 0 Å². The van der Waals surface area contributed by atoms with Crippen molar-refractivity contribution in [2.45, 2.75) is 6.92 Å². The molecule has 0 fully saturated rings. The zero-order chi connectivity index (χ0) is 20.3. The second kappa shape index (κ2) is 7.67. The van der Waals surface area contributed by atoms with Gasteiger partial charge in [-0.2, -0.15) is 0 Å². The summed E-state index contributed by atoms with van der Waals surface area (Å²) >= 11 is 0. The van der Waals surface area contributed by atoms with Crippen molar-refractivity contribution in [3.8, 4) is 22.8 Å². The molecule has 0 unspecified atom stereocenters. The van der Waals surface area contributed by atoms with Crippen LogP contribution in [-0.2, 0) is 0 Å². The van der Waals surface area contributed by atoms with Crippen molar-refractivity contribution < 1.29 is 4.74 Å². The van der Waals surface area contributed by atoms with E-state index in [1.807, 2.05) is 85.9 Å². The first-order chi connectivity index (χ1) is 14.7. The van der Waals surface area contributed by atoms with Gasteiger partial charge < -0.3 is 15.0 Å². The molecule has 0 aliphatic rings. The fraction of sp³-hybridized carbons (Fsp3) is 0.0417. The summed E-state index contributed by atoms with van der Waals surface area (Å²) in [4.78, 5) is 16.6. The fourth-order valence-electron chi connectivity index (χ4n) is 3.19. The predicted molar refractivity (Wildman–Crippen MR) is 118 cm³/mol. The highest BCUT2D eigenvalue weighted by Crippen LogP contribution is 2.31. The zero-order valence-electron chi connectivity index (χ0n) is 16.3. The average molecular weight is 393 g/mol. The molecule has 6 heteroatoms. The van der Waals surface area contributed by atoms with Crippen LogP contribution in [0.15, 0.2) is 85.2 Å². The van der Waals surface area contributed by atoms with Gasteiger partial charge in [0.15, 0.2) is 0 Å². The number of nitrogens with one attached hydrogen (secondary N) is 2. The Morgan fingerprint density at radius 2 is 1.73 bits per heavy atom. The van der Waals surface area contributed by atoms with E-state index in [0.717, 1.165) is 33.5 Å². The Morgan fingerprint density at radius 1 is 0.867 bits per heavy atom. The summed E-state index contributed by atoms with van der Waals surface area (Å²) in [5.41, 5.74) is 5.66. The molecule has 0 saturated carbocycles. The summed E-state index contributed by atoms with van der Waals surface area (Å²) in [6, 6.07) is 23.5. The Bertz CT molecular complexity index is 1260. The molecule has 6 nitrogen and oxygen atoms in total. The maximum Gasteiger partial charge on any atom is 0.227 e. The summed E-state index contributed by atoms with van der Waals surface area (Å²) < 4.78 is 6.06. The van der Waals surface area contributed by atoms with E-state index >= 15 is 0 Å². The molecule has 0 saturated heterocycles. The van der Waals surface area contributed by atoms with Crippen molar-refractivity contribution in [2.24, 2.45) is 0 Å². The van der Waals surface area contributed by atoms with Gasteiger partial charge >= 0.3 is 0 Å². The Hall–Kier alpha value is -4.19. The number of nitrogens with zero attached hydrogens (tertiary/aromatic N) is 3. The Kier molecular flexibility index (Phi) is 4.57. The van der Waals surface area contributed by atoms with Crippen molar-refractivity contribution in [3.05, 3.63) is 90.9 Å². The molecule has 0 amide bonds. The lowest BCUT2D eigenvalue weighted by Gasteiger charge is -2.11. The van der Waals surface area contributed by atoms with Crippen LogP contribution in [0.1, 0.15) is 5.69 Å². The number of hydrogen-bond donors (Lipinski definition) is 2. The molecule has 30 heavy (non-hydrogen) atoms. The molecule has 0 aliphatic heterocycles. The SMILES string of the molecule is Cc1ccc(-c2cccnc2Oc2ccc(Nc3nc4ccccc4[nH]3)cc2)cn1. The zero-order valence-corrected chi connectivity index (χ0v) is 16.3. The van der Waals surface area contributed by atoms with Crippen molar-refractivity contribution in [1.82, 2.24) is 19.9 Å². The minimum absolute atomic E-state index is 0.543. The third kappa shape index (κ3) is 3.71. The van der Waals surface area contributed by atoms with Gasteiger partial charge in [-0.3, -0.25) is 4.98 Å². The normalized spacial score (nSPS) is 10.8. The van der Waals surface area contributed by atoms with Gasteiger partial charge in [0, 0.05) is 34.9 Å². The summed E-state index contributed by atoms with van der Waals surface area (Å²) in [5, 5.41) is 3.28. The fourth-order valence-corrected chi connectivity index (χ4v) is 3.19. The molecule has 0 bridgehead atoms. The number of ether oxygens (including phenoxy) is 1. The molecule has 0 aliphatic carbocycles. The number of aromatic amines is 1. The number of pyridine rings is 2. The van der Waals surface area contributed by atoms with Crippen LogP contribution in [0.3, 0.4) is 0 Å².